The number of nitrogens with one attached hydrogen (secondary N) is 1. The van der Waals surface area contributed by atoms with Gasteiger partial charge in [-0.15, -0.1) is 11.3 Å². The lowest BCUT2D eigenvalue weighted by molar-refractivity contribution is -0.122. The first-order valence-corrected chi connectivity index (χ1v) is 7.60. The van der Waals surface area contributed by atoms with Crippen LogP contribution < -0.4 is 5.32 Å². The van der Waals surface area contributed by atoms with Crippen LogP contribution in [-0.2, 0) is 11.2 Å². The van der Waals surface area contributed by atoms with Gasteiger partial charge in [0.25, 0.3) is 0 Å². The van der Waals surface area contributed by atoms with Crippen LogP contribution in [0.2, 0.25) is 0 Å². The maximum atomic E-state index is 11.8. The predicted octanol–water partition coefficient (Wildman–Crippen LogP) is 3.16. The summed E-state index contributed by atoms with van der Waals surface area (Å²) in [6.45, 7) is 3.36. The largest absolute Gasteiger partial charge is 0.338 e. The van der Waals surface area contributed by atoms with E-state index < -0.39 is 5.54 Å². The monoisotopic (exact) mass is 299 g/mol. The Morgan fingerprint density at radius 3 is 2.76 bits per heavy atom. The molecule has 2 rings (SSSR count). The Labute approximate surface area is 128 Å². The lowest BCUT2D eigenvalue weighted by Crippen LogP contribution is -2.42. The Morgan fingerprint density at radius 1 is 1.38 bits per heavy atom. The molecule has 0 bridgehead atoms. The maximum Gasteiger partial charge on any atom is 0.221 e. The highest BCUT2D eigenvalue weighted by molar-refractivity contribution is 7.09. The Bertz CT molecular complexity index is 656. The van der Waals surface area contributed by atoms with Crippen LogP contribution in [0, 0.1) is 11.3 Å². The molecule has 108 valence electrons. The molecule has 0 unspecified atom stereocenters. The molecule has 4 nitrogen and oxygen atoms in total. The SMILES string of the molecule is CC(C)(C#N)NC(=O)CCc1nc(-c2ccccc2)cs1. The first-order valence-electron chi connectivity index (χ1n) is 6.72. The van der Waals surface area contributed by atoms with E-state index in [0.717, 1.165) is 16.3 Å². The lowest BCUT2D eigenvalue weighted by Gasteiger charge is -2.16. The summed E-state index contributed by atoms with van der Waals surface area (Å²) in [7, 11) is 0. The van der Waals surface area contributed by atoms with Crippen molar-refractivity contribution in [3.05, 3.63) is 40.7 Å². The van der Waals surface area contributed by atoms with Crippen LogP contribution in [0.15, 0.2) is 35.7 Å². The number of hydrogen-bond acceptors (Lipinski definition) is 4. The minimum atomic E-state index is -0.824. The highest BCUT2D eigenvalue weighted by Gasteiger charge is 2.19. The molecule has 0 saturated carbocycles. The average Bonchev–Trinajstić information content (AvgIpc) is 2.95. The van der Waals surface area contributed by atoms with Crippen molar-refractivity contribution in [1.29, 1.82) is 5.26 Å². The Kier molecular flexibility index (Phi) is 4.71. The summed E-state index contributed by atoms with van der Waals surface area (Å²) in [6.07, 6.45) is 0.928. The van der Waals surface area contributed by atoms with Crippen LogP contribution in [0.1, 0.15) is 25.3 Å². The fourth-order valence-electron chi connectivity index (χ4n) is 1.83. The fourth-order valence-corrected chi connectivity index (χ4v) is 2.63. The van der Waals surface area contributed by atoms with Crippen molar-refractivity contribution in [3.63, 3.8) is 0 Å². The number of hydrogen-bond donors (Lipinski definition) is 1. The van der Waals surface area contributed by atoms with Crippen molar-refractivity contribution in [1.82, 2.24) is 10.3 Å². The first kappa shape index (κ1) is 15.2. The standard InChI is InChI=1S/C16H17N3OS/c1-16(2,11-17)19-14(20)8-9-15-18-13(10-21-15)12-6-4-3-5-7-12/h3-7,10H,8-9H2,1-2H3,(H,19,20). The van der Waals surface area contributed by atoms with Gasteiger partial charge in [0.2, 0.25) is 5.91 Å². The van der Waals surface area contributed by atoms with E-state index >= 15 is 0 Å². The van der Waals surface area contributed by atoms with Crippen LogP contribution >= 0.6 is 11.3 Å². The number of carbonyl (C=O) groups excluding carboxylic acids is 1. The van der Waals surface area contributed by atoms with Crippen LogP contribution in [0.25, 0.3) is 11.3 Å². The van der Waals surface area contributed by atoms with Gasteiger partial charge in [0.15, 0.2) is 0 Å². The van der Waals surface area contributed by atoms with Crippen molar-refractivity contribution >= 4 is 17.2 Å². The summed E-state index contributed by atoms with van der Waals surface area (Å²) in [5, 5.41) is 14.5. The summed E-state index contributed by atoms with van der Waals surface area (Å²) in [5.74, 6) is -0.127. The van der Waals surface area contributed by atoms with Gasteiger partial charge < -0.3 is 5.32 Å². The van der Waals surface area contributed by atoms with E-state index in [0.29, 0.717) is 12.8 Å². The summed E-state index contributed by atoms with van der Waals surface area (Å²) >= 11 is 1.55. The predicted molar refractivity (Wildman–Crippen MR) is 83.7 cm³/mol. The zero-order valence-electron chi connectivity index (χ0n) is 12.1. The molecule has 1 heterocycles. The van der Waals surface area contributed by atoms with Gasteiger partial charge in [-0.1, -0.05) is 30.3 Å². The van der Waals surface area contributed by atoms with Crippen molar-refractivity contribution in [2.45, 2.75) is 32.2 Å². The molecule has 0 aliphatic heterocycles. The average molecular weight is 299 g/mol. The normalized spacial score (nSPS) is 10.9. The smallest absolute Gasteiger partial charge is 0.221 e. The zero-order valence-corrected chi connectivity index (χ0v) is 12.9. The van der Waals surface area contributed by atoms with Gasteiger partial charge in [-0.25, -0.2) is 4.98 Å². The number of aryl methyl sites for hydroxylation is 1. The number of amides is 1. The molecule has 0 aliphatic carbocycles. The van der Waals surface area contributed by atoms with Crippen molar-refractivity contribution in [2.75, 3.05) is 0 Å². The van der Waals surface area contributed by atoms with Crippen LogP contribution in [0.5, 0.6) is 0 Å². The summed E-state index contributed by atoms with van der Waals surface area (Å²) in [4.78, 5) is 16.3. The van der Waals surface area contributed by atoms with Gasteiger partial charge >= 0.3 is 0 Å². The molecule has 1 amide bonds. The molecule has 0 saturated heterocycles. The van der Waals surface area contributed by atoms with Crippen molar-refractivity contribution in [3.8, 4) is 17.3 Å². The molecular formula is C16H17N3OS. The third kappa shape index (κ3) is 4.40. The number of thiazole rings is 1. The Morgan fingerprint density at radius 2 is 2.10 bits per heavy atom. The molecule has 0 atom stereocenters. The van der Waals surface area contributed by atoms with Crippen molar-refractivity contribution < 1.29 is 4.79 Å². The highest BCUT2D eigenvalue weighted by Crippen LogP contribution is 2.22. The van der Waals surface area contributed by atoms with Gasteiger partial charge in [-0.2, -0.15) is 5.26 Å². The number of nitrogens with zero attached hydrogens (tertiary/aromatic N) is 2. The van der Waals surface area contributed by atoms with Gasteiger partial charge in [-0.3, -0.25) is 4.79 Å². The molecule has 1 aromatic heterocycles. The molecule has 1 aromatic carbocycles. The number of nitriles is 1. The highest BCUT2D eigenvalue weighted by atomic mass is 32.1. The van der Waals surface area contributed by atoms with E-state index in [1.165, 1.54) is 0 Å². The third-order valence-electron chi connectivity index (χ3n) is 2.92. The summed E-state index contributed by atoms with van der Waals surface area (Å²) < 4.78 is 0. The molecular weight excluding hydrogens is 282 g/mol. The molecule has 0 radical (unpaired) electrons. The second-order valence-electron chi connectivity index (χ2n) is 5.28. The van der Waals surface area contributed by atoms with Gasteiger partial charge in [-0.05, 0) is 13.8 Å². The minimum Gasteiger partial charge on any atom is -0.338 e. The Hall–Kier alpha value is -2.19. The van der Waals surface area contributed by atoms with Crippen LogP contribution in [0.3, 0.4) is 0 Å². The Balaban J connectivity index is 1.92. The second-order valence-corrected chi connectivity index (χ2v) is 6.22. The first-order chi connectivity index (χ1) is 10.00. The van der Waals surface area contributed by atoms with Crippen LogP contribution in [-0.4, -0.2) is 16.4 Å². The fraction of sp³-hybridized carbons (Fsp3) is 0.312. The summed E-state index contributed by atoms with van der Waals surface area (Å²) in [6, 6.07) is 12.0. The van der Waals surface area contributed by atoms with Gasteiger partial charge in [0, 0.05) is 23.8 Å². The van der Waals surface area contributed by atoms with Crippen LogP contribution in [0.4, 0.5) is 0 Å². The van der Waals surface area contributed by atoms with E-state index in [4.69, 9.17) is 5.26 Å². The number of rotatable bonds is 5. The molecule has 0 spiro atoms. The third-order valence-corrected chi connectivity index (χ3v) is 3.83. The molecule has 1 N–H and O–H groups in total. The number of aromatic nitrogens is 1. The van der Waals surface area contributed by atoms with Crippen molar-refractivity contribution in [2.24, 2.45) is 0 Å². The zero-order chi connectivity index (χ0) is 15.3. The van der Waals surface area contributed by atoms with E-state index in [1.807, 2.05) is 35.7 Å². The number of benzene rings is 1. The maximum absolute atomic E-state index is 11.8. The van der Waals surface area contributed by atoms with E-state index in [9.17, 15) is 4.79 Å². The lowest BCUT2D eigenvalue weighted by atomic mass is 10.1. The van der Waals surface area contributed by atoms with E-state index in [1.54, 1.807) is 25.2 Å². The molecule has 0 aliphatic rings. The molecule has 21 heavy (non-hydrogen) atoms. The summed E-state index contributed by atoms with van der Waals surface area (Å²) in [5.41, 5.74) is 1.19. The number of carbonyl (C=O) groups is 1. The van der Waals surface area contributed by atoms with Gasteiger partial charge in [0.05, 0.1) is 16.8 Å². The molecule has 0 fully saturated rings. The molecule has 5 heteroatoms. The van der Waals surface area contributed by atoms with E-state index in [-0.39, 0.29) is 5.91 Å². The minimum absolute atomic E-state index is 0.127. The van der Waals surface area contributed by atoms with E-state index in [2.05, 4.69) is 16.4 Å². The second kappa shape index (κ2) is 6.51. The van der Waals surface area contributed by atoms with Gasteiger partial charge in [0.1, 0.15) is 5.54 Å². The quantitative estimate of drug-likeness (QED) is 0.922. The molecule has 2 aromatic rings. The topological polar surface area (TPSA) is 65.8 Å².